The number of nitrogens with one attached hydrogen (secondary N) is 1. The molecule has 0 unspecified atom stereocenters. The van der Waals surface area contributed by atoms with Crippen molar-refractivity contribution in [2.75, 3.05) is 7.11 Å². The van der Waals surface area contributed by atoms with E-state index in [2.05, 4.69) is 12.0 Å². The van der Waals surface area contributed by atoms with Gasteiger partial charge in [0.2, 0.25) is 0 Å². The standard InChI is InChI=1S/C15H19N3O3/c1-3-4-5-14-13(15(19)17-20)10-16-18(14)11-6-8-12(21-2)9-7-11/h6-10,20H,3-5H2,1-2H3,(H,17,19). The first-order valence-electron chi connectivity index (χ1n) is 6.87. The Bertz CT molecular complexity index is 605. The number of hydroxylamine groups is 1. The Morgan fingerprint density at radius 1 is 1.38 bits per heavy atom. The third-order valence-electron chi connectivity index (χ3n) is 3.30. The number of carbonyl (C=O) groups excluding carboxylic acids is 1. The summed E-state index contributed by atoms with van der Waals surface area (Å²) < 4.78 is 6.86. The van der Waals surface area contributed by atoms with Gasteiger partial charge >= 0.3 is 0 Å². The quantitative estimate of drug-likeness (QED) is 0.632. The molecule has 2 rings (SSSR count). The van der Waals surface area contributed by atoms with Crippen molar-refractivity contribution in [1.82, 2.24) is 15.3 Å². The maximum atomic E-state index is 11.7. The highest BCUT2D eigenvalue weighted by Gasteiger charge is 2.17. The van der Waals surface area contributed by atoms with Gasteiger partial charge in [-0.15, -0.1) is 0 Å². The zero-order chi connectivity index (χ0) is 15.2. The van der Waals surface area contributed by atoms with Crippen molar-refractivity contribution in [3.63, 3.8) is 0 Å². The summed E-state index contributed by atoms with van der Waals surface area (Å²) in [5, 5.41) is 13.1. The molecule has 0 atom stereocenters. The number of aromatic nitrogens is 2. The van der Waals surface area contributed by atoms with Crippen LogP contribution in [0.25, 0.3) is 5.69 Å². The zero-order valence-electron chi connectivity index (χ0n) is 12.2. The van der Waals surface area contributed by atoms with Gasteiger partial charge in [0.1, 0.15) is 5.75 Å². The van der Waals surface area contributed by atoms with Crippen molar-refractivity contribution in [2.45, 2.75) is 26.2 Å². The number of methoxy groups -OCH3 is 1. The maximum Gasteiger partial charge on any atom is 0.278 e. The second kappa shape index (κ2) is 6.90. The van der Waals surface area contributed by atoms with E-state index in [1.807, 2.05) is 24.3 Å². The number of nitrogens with zero attached hydrogens (tertiary/aromatic N) is 2. The molecule has 0 saturated carbocycles. The van der Waals surface area contributed by atoms with E-state index in [1.54, 1.807) is 17.3 Å². The van der Waals surface area contributed by atoms with Crippen LogP contribution < -0.4 is 10.2 Å². The summed E-state index contributed by atoms with van der Waals surface area (Å²) in [6, 6.07) is 7.43. The summed E-state index contributed by atoms with van der Waals surface area (Å²) in [7, 11) is 1.61. The fourth-order valence-corrected chi connectivity index (χ4v) is 2.15. The van der Waals surface area contributed by atoms with Gasteiger partial charge in [0.05, 0.1) is 30.3 Å². The minimum atomic E-state index is -0.541. The Morgan fingerprint density at radius 2 is 2.10 bits per heavy atom. The lowest BCUT2D eigenvalue weighted by Gasteiger charge is -2.09. The Labute approximate surface area is 123 Å². The fraction of sp³-hybridized carbons (Fsp3) is 0.333. The SMILES string of the molecule is CCCCc1c(C(=O)NO)cnn1-c1ccc(OC)cc1. The Balaban J connectivity index is 2.41. The van der Waals surface area contributed by atoms with Crippen molar-refractivity contribution < 1.29 is 14.7 Å². The van der Waals surface area contributed by atoms with Crippen LogP contribution >= 0.6 is 0 Å². The summed E-state index contributed by atoms with van der Waals surface area (Å²) in [6.07, 6.45) is 4.13. The number of benzene rings is 1. The molecule has 0 spiro atoms. The molecule has 6 heteroatoms. The van der Waals surface area contributed by atoms with Gasteiger partial charge in [-0.1, -0.05) is 13.3 Å². The summed E-state index contributed by atoms with van der Waals surface area (Å²) >= 11 is 0. The molecule has 112 valence electrons. The van der Waals surface area contributed by atoms with Gasteiger partial charge in [-0.05, 0) is 37.1 Å². The monoisotopic (exact) mass is 289 g/mol. The zero-order valence-corrected chi connectivity index (χ0v) is 12.2. The largest absolute Gasteiger partial charge is 0.497 e. The van der Waals surface area contributed by atoms with Crippen LogP contribution in [0.2, 0.25) is 0 Å². The number of ether oxygens (including phenoxy) is 1. The number of hydrogen-bond acceptors (Lipinski definition) is 4. The molecule has 0 aliphatic carbocycles. The number of amides is 1. The van der Waals surface area contributed by atoms with E-state index < -0.39 is 5.91 Å². The van der Waals surface area contributed by atoms with Crippen molar-refractivity contribution in [3.8, 4) is 11.4 Å². The molecular formula is C15H19N3O3. The van der Waals surface area contributed by atoms with Gasteiger partial charge in [-0.2, -0.15) is 5.10 Å². The lowest BCUT2D eigenvalue weighted by Crippen LogP contribution is -2.20. The molecule has 1 aromatic carbocycles. The minimum absolute atomic E-state index is 0.391. The first-order valence-corrected chi connectivity index (χ1v) is 6.87. The van der Waals surface area contributed by atoms with E-state index in [9.17, 15) is 4.79 Å². The molecule has 21 heavy (non-hydrogen) atoms. The van der Waals surface area contributed by atoms with E-state index in [4.69, 9.17) is 9.94 Å². The van der Waals surface area contributed by atoms with Gasteiger partial charge in [-0.25, -0.2) is 10.2 Å². The highest BCUT2D eigenvalue weighted by molar-refractivity contribution is 5.94. The highest BCUT2D eigenvalue weighted by atomic mass is 16.5. The van der Waals surface area contributed by atoms with Crippen molar-refractivity contribution in [3.05, 3.63) is 41.7 Å². The van der Waals surface area contributed by atoms with Crippen LogP contribution in [0.3, 0.4) is 0 Å². The fourth-order valence-electron chi connectivity index (χ4n) is 2.15. The molecule has 0 saturated heterocycles. The van der Waals surface area contributed by atoms with Crippen molar-refractivity contribution in [2.24, 2.45) is 0 Å². The van der Waals surface area contributed by atoms with E-state index >= 15 is 0 Å². The first kappa shape index (κ1) is 15.1. The normalized spacial score (nSPS) is 10.4. The number of unbranched alkanes of at least 4 members (excludes halogenated alkanes) is 1. The number of hydrogen-bond donors (Lipinski definition) is 2. The third kappa shape index (κ3) is 3.22. The molecule has 0 bridgehead atoms. The van der Waals surface area contributed by atoms with Crippen LogP contribution in [0.1, 0.15) is 35.8 Å². The molecule has 1 aromatic heterocycles. The van der Waals surface area contributed by atoms with E-state index in [0.29, 0.717) is 12.0 Å². The van der Waals surface area contributed by atoms with Crippen LogP contribution in [-0.4, -0.2) is 28.0 Å². The highest BCUT2D eigenvalue weighted by Crippen LogP contribution is 2.20. The lowest BCUT2D eigenvalue weighted by molar-refractivity contribution is 0.0705. The van der Waals surface area contributed by atoms with Crippen LogP contribution in [0.15, 0.2) is 30.5 Å². The molecule has 0 aliphatic rings. The third-order valence-corrected chi connectivity index (χ3v) is 3.30. The molecular weight excluding hydrogens is 270 g/mol. The van der Waals surface area contributed by atoms with Crippen molar-refractivity contribution >= 4 is 5.91 Å². The smallest absolute Gasteiger partial charge is 0.278 e. The van der Waals surface area contributed by atoms with Crippen LogP contribution in [0.4, 0.5) is 0 Å². The Kier molecular flexibility index (Phi) is 4.94. The average Bonchev–Trinajstić information content (AvgIpc) is 2.96. The molecule has 1 heterocycles. The maximum absolute atomic E-state index is 11.7. The molecule has 0 fully saturated rings. The summed E-state index contributed by atoms with van der Waals surface area (Å²) in [5.41, 5.74) is 3.69. The molecule has 0 aliphatic heterocycles. The summed E-state index contributed by atoms with van der Waals surface area (Å²) in [5.74, 6) is 0.218. The topological polar surface area (TPSA) is 76.4 Å². The number of carbonyl (C=O) groups is 1. The van der Waals surface area contributed by atoms with E-state index in [-0.39, 0.29) is 0 Å². The van der Waals surface area contributed by atoms with Gasteiger partial charge in [0, 0.05) is 0 Å². The van der Waals surface area contributed by atoms with Crippen LogP contribution in [0.5, 0.6) is 5.75 Å². The molecule has 2 N–H and O–H groups in total. The van der Waals surface area contributed by atoms with Gasteiger partial charge in [-0.3, -0.25) is 10.0 Å². The van der Waals surface area contributed by atoms with Gasteiger partial charge in [0.15, 0.2) is 0 Å². The number of rotatable bonds is 6. The predicted molar refractivity (Wildman–Crippen MR) is 78.0 cm³/mol. The second-order valence-electron chi connectivity index (χ2n) is 4.66. The molecule has 2 aromatic rings. The van der Waals surface area contributed by atoms with Gasteiger partial charge < -0.3 is 4.74 Å². The molecule has 0 radical (unpaired) electrons. The van der Waals surface area contributed by atoms with Gasteiger partial charge in [0.25, 0.3) is 5.91 Å². The van der Waals surface area contributed by atoms with E-state index in [1.165, 1.54) is 6.20 Å². The lowest BCUT2D eigenvalue weighted by atomic mass is 10.1. The first-order chi connectivity index (χ1) is 10.2. The van der Waals surface area contributed by atoms with E-state index in [0.717, 1.165) is 30.0 Å². The van der Waals surface area contributed by atoms with Crippen LogP contribution in [0, 0.1) is 0 Å². The predicted octanol–water partition coefficient (Wildman–Crippen LogP) is 2.34. The minimum Gasteiger partial charge on any atom is -0.497 e. The van der Waals surface area contributed by atoms with Crippen LogP contribution in [-0.2, 0) is 6.42 Å². The Hall–Kier alpha value is -2.34. The molecule has 1 amide bonds. The molecule has 6 nitrogen and oxygen atoms in total. The summed E-state index contributed by atoms with van der Waals surface area (Å²) in [4.78, 5) is 11.7. The van der Waals surface area contributed by atoms with Crippen molar-refractivity contribution in [1.29, 1.82) is 0 Å². The Morgan fingerprint density at radius 3 is 2.67 bits per heavy atom. The second-order valence-corrected chi connectivity index (χ2v) is 4.66. The average molecular weight is 289 g/mol. The summed E-state index contributed by atoms with van der Waals surface area (Å²) in [6.45, 7) is 2.08.